The lowest BCUT2D eigenvalue weighted by atomic mass is 9.93. The van der Waals surface area contributed by atoms with Crippen molar-refractivity contribution in [2.24, 2.45) is 11.8 Å². The molecule has 2 amide bonds. The maximum absolute atomic E-state index is 12.6. The molecule has 7 nitrogen and oxygen atoms in total. The molecule has 0 spiro atoms. The Kier molecular flexibility index (Phi) is 7.61. The zero-order valence-electron chi connectivity index (χ0n) is 16.9. The van der Waals surface area contributed by atoms with E-state index in [1.165, 1.54) is 14.2 Å². The molecule has 2 atom stereocenters. The lowest BCUT2D eigenvalue weighted by molar-refractivity contribution is -0.148. The van der Waals surface area contributed by atoms with E-state index in [4.69, 9.17) is 4.74 Å². The number of aromatic nitrogens is 1. The van der Waals surface area contributed by atoms with Gasteiger partial charge in [0.15, 0.2) is 0 Å². The van der Waals surface area contributed by atoms with Crippen LogP contribution in [0.1, 0.15) is 32.3 Å². The highest BCUT2D eigenvalue weighted by molar-refractivity contribution is 5.90. The third-order valence-corrected chi connectivity index (χ3v) is 4.72. The van der Waals surface area contributed by atoms with E-state index < -0.39 is 17.9 Å². The second-order valence-corrected chi connectivity index (χ2v) is 7.35. The van der Waals surface area contributed by atoms with E-state index >= 15 is 0 Å². The minimum atomic E-state index is -0.728. The number of rotatable bonds is 9. The van der Waals surface area contributed by atoms with Crippen LogP contribution in [0.15, 0.2) is 30.5 Å². The predicted molar refractivity (Wildman–Crippen MR) is 108 cm³/mol. The number of hydrogen-bond acceptors (Lipinski definition) is 4. The van der Waals surface area contributed by atoms with Gasteiger partial charge < -0.3 is 20.4 Å². The molecule has 0 saturated heterocycles. The van der Waals surface area contributed by atoms with Crippen molar-refractivity contribution in [3.05, 3.63) is 36.0 Å². The Morgan fingerprint density at radius 2 is 1.89 bits per heavy atom. The number of aromatic amines is 1. The predicted octanol–water partition coefficient (Wildman–Crippen LogP) is 2.17. The number of H-pyrrole nitrogens is 1. The van der Waals surface area contributed by atoms with Gasteiger partial charge in [-0.2, -0.15) is 0 Å². The van der Waals surface area contributed by atoms with Gasteiger partial charge in [0.1, 0.15) is 6.04 Å². The van der Waals surface area contributed by atoms with Gasteiger partial charge in [0.25, 0.3) is 0 Å². The first-order valence-corrected chi connectivity index (χ1v) is 9.49. The van der Waals surface area contributed by atoms with Crippen LogP contribution in [-0.2, 0) is 25.5 Å². The van der Waals surface area contributed by atoms with Crippen LogP contribution in [0.4, 0.5) is 0 Å². The SMILES string of the molecule is CNC(=O)[C@H](Cc1c[nH]c2ccccc12)NC(=O)CC(CC(C)C)C(=O)OC. The summed E-state index contributed by atoms with van der Waals surface area (Å²) < 4.78 is 4.82. The molecule has 2 rings (SSSR count). The van der Waals surface area contributed by atoms with Gasteiger partial charge in [-0.25, -0.2) is 0 Å². The number of nitrogens with one attached hydrogen (secondary N) is 3. The highest BCUT2D eigenvalue weighted by atomic mass is 16.5. The molecular weight excluding hydrogens is 358 g/mol. The van der Waals surface area contributed by atoms with E-state index in [9.17, 15) is 14.4 Å². The van der Waals surface area contributed by atoms with Crippen molar-refractivity contribution in [3.63, 3.8) is 0 Å². The molecular formula is C21H29N3O4. The molecule has 2 aromatic rings. The summed E-state index contributed by atoms with van der Waals surface area (Å²) >= 11 is 0. The van der Waals surface area contributed by atoms with Crippen LogP contribution in [0.25, 0.3) is 10.9 Å². The molecule has 1 aromatic heterocycles. The summed E-state index contributed by atoms with van der Waals surface area (Å²) in [6, 6.07) is 7.07. The Balaban J connectivity index is 2.11. The Labute approximate surface area is 165 Å². The molecule has 7 heteroatoms. The third kappa shape index (κ3) is 5.58. The Morgan fingerprint density at radius 1 is 1.18 bits per heavy atom. The summed E-state index contributed by atoms with van der Waals surface area (Å²) in [4.78, 5) is 40.1. The van der Waals surface area contributed by atoms with Crippen molar-refractivity contribution in [2.75, 3.05) is 14.2 Å². The lowest BCUT2D eigenvalue weighted by Crippen LogP contribution is -2.47. The maximum Gasteiger partial charge on any atom is 0.309 e. The molecule has 1 aromatic carbocycles. The highest BCUT2D eigenvalue weighted by Gasteiger charge is 2.27. The molecule has 3 N–H and O–H groups in total. The number of amides is 2. The van der Waals surface area contributed by atoms with E-state index in [0.29, 0.717) is 12.8 Å². The smallest absolute Gasteiger partial charge is 0.309 e. The summed E-state index contributed by atoms with van der Waals surface area (Å²) in [6.07, 6.45) is 2.74. The van der Waals surface area contributed by atoms with Gasteiger partial charge >= 0.3 is 5.97 Å². The number of hydrogen-bond donors (Lipinski definition) is 3. The monoisotopic (exact) mass is 387 g/mol. The number of carbonyl (C=O) groups is 3. The number of benzene rings is 1. The first-order valence-electron chi connectivity index (χ1n) is 9.49. The average Bonchev–Trinajstić information content (AvgIpc) is 3.08. The molecule has 0 aliphatic carbocycles. The van der Waals surface area contributed by atoms with Gasteiger partial charge in [-0.05, 0) is 24.0 Å². The summed E-state index contributed by atoms with van der Waals surface area (Å²) in [6.45, 7) is 3.97. The average molecular weight is 387 g/mol. The largest absolute Gasteiger partial charge is 0.469 e. The molecule has 0 fully saturated rings. The van der Waals surface area contributed by atoms with Gasteiger partial charge in [-0.1, -0.05) is 32.0 Å². The molecule has 1 unspecified atom stereocenters. The molecule has 0 bridgehead atoms. The van der Waals surface area contributed by atoms with Crippen molar-refractivity contribution >= 4 is 28.7 Å². The van der Waals surface area contributed by atoms with Gasteiger partial charge in [0.2, 0.25) is 11.8 Å². The minimum Gasteiger partial charge on any atom is -0.469 e. The van der Waals surface area contributed by atoms with Crippen LogP contribution < -0.4 is 10.6 Å². The zero-order chi connectivity index (χ0) is 20.7. The van der Waals surface area contributed by atoms with Crippen LogP contribution in [0.3, 0.4) is 0 Å². The van der Waals surface area contributed by atoms with Crippen molar-refractivity contribution in [3.8, 4) is 0 Å². The Hall–Kier alpha value is -2.83. The normalized spacial score (nSPS) is 13.2. The molecule has 0 aliphatic heterocycles. The second-order valence-electron chi connectivity index (χ2n) is 7.35. The fourth-order valence-corrected chi connectivity index (χ4v) is 3.38. The van der Waals surface area contributed by atoms with Crippen LogP contribution in [0.5, 0.6) is 0 Å². The van der Waals surface area contributed by atoms with Crippen molar-refractivity contribution in [1.82, 2.24) is 15.6 Å². The third-order valence-electron chi connectivity index (χ3n) is 4.72. The van der Waals surface area contributed by atoms with Gasteiger partial charge in [0, 0.05) is 37.0 Å². The van der Waals surface area contributed by atoms with Crippen LogP contribution in [0, 0.1) is 11.8 Å². The fourth-order valence-electron chi connectivity index (χ4n) is 3.38. The van der Waals surface area contributed by atoms with Crippen LogP contribution >= 0.6 is 0 Å². The molecule has 152 valence electrons. The number of esters is 1. The van der Waals surface area contributed by atoms with E-state index in [2.05, 4.69) is 15.6 Å². The minimum absolute atomic E-state index is 0.00771. The second kappa shape index (κ2) is 9.92. The number of fused-ring (bicyclic) bond motifs is 1. The van der Waals surface area contributed by atoms with Crippen molar-refractivity contribution < 1.29 is 19.1 Å². The summed E-state index contributed by atoms with van der Waals surface area (Å²) in [5.41, 5.74) is 1.92. The van der Waals surface area contributed by atoms with Crippen LogP contribution in [0.2, 0.25) is 0 Å². The molecule has 0 aliphatic rings. The van der Waals surface area contributed by atoms with Gasteiger partial charge in [0.05, 0.1) is 13.0 Å². The fraction of sp³-hybridized carbons (Fsp3) is 0.476. The maximum atomic E-state index is 12.6. The van der Waals surface area contributed by atoms with Crippen molar-refractivity contribution in [2.45, 2.75) is 39.2 Å². The molecule has 28 heavy (non-hydrogen) atoms. The number of likely N-dealkylation sites (N-methyl/N-ethyl adjacent to an activating group) is 1. The topological polar surface area (TPSA) is 100 Å². The quantitative estimate of drug-likeness (QED) is 0.574. The molecule has 0 saturated carbocycles. The number of ether oxygens (including phenoxy) is 1. The van der Waals surface area contributed by atoms with E-state index in [1.54, 1.807) is 0 Å². The van der Waals surface area contributed by atoms with E-state index in [-0.39, 0.29) is 24.2 Å². The Morgan fingerprint density at radius 3 is 2.54 bits per heavy atom. The van der Waals surface area contributed by atoms with Crippen LogP contribution in [-0.4, -0.2) is 43.0 Å². The highest BCUT2D eigenvalue weighted by Crippen LogP contribution is 2.20. The summed E-state index contributed by atoms with van der Waals surface area (Å²) in [7, 11) is 2.85. The van der Waals surface area contributed by atoms with E-state index in [0.717, 1.165) is 16.5 Å². The lowest BCUT2D eigenvalue weighted by Gasteiger charge is -2.20. The number of methoxy groups -OCH3 is 1. The zero-order valence-corrected chi connectivity index (χ0v) is 16.9. The first-order chi connectivity index (χ1) is 13.3. The number of carbonyl (C=O) groups excluding carboxylic acids is 3. The number of para-hydroxylation sites is 1. The summed E-state index contributed by atoms with van der Waals surface area (Å²) in [5, 5.41) is 6.39. The van der Waals surface area contributed by atoms with Gasteiger partial charge in [-0.3, -0.25) is 14.4 Å². The standard InChI is InChI=1S/C21H29N3O4/c1-13(2)9-14(21(27)28-4)11-19(25)24-18(20(26)22-3)10-15-12-23-17-8-6-5-7-16(15)17/h5-8,12-14,18,23H,9-11H2,1-4H3,(H,22,26)(H,24,25)/t14?,18-/m0/s1. The van der Waals surface area contributed by atoms with Gasteiger partial charge in [-0.15, -0.1) is 0 Å². The van der Waals surface area contributed by atoms with Crippen molar-refractivity contribution in [1.29, 1.82) is 0 Å². The first kappa shape index (κ1) is 21.5. The Bertz CT molecular complexity index is 828. The van der Waals surface area contributed by atoms with E-state index in [1.807, 2.05) is 44.3 Å². The molecule has 0 radical (unpaired) electrons. The molecule has 1 heterocycles. The summed E-state index contributed by atoms with van der Waals surface area (Å²) in [5.74, 6) is -1.31.